The van der Waals surface area contributed by atoms with E-state index in [2.05, 4.69) is 16.7 Å². The predicted molar refractivity (Wildman–Crippen MR) is 71.1 cm³/mol. The van der Waals surface area contributed by atoms with Crippen molar-refractivity contribution in [2.75, 3.05) is 45.9 Å². The molecule has 2 fully saturated rings. The van der Waals surface area contributed by atoms with E-state index in [4.69, 9.17) is 5.11 Å². The van der Waals surface area contributed by atoms with E-state index in [9.17, 15) is 0 Å². The molecule has 0 radical (unpaired) electrons. The van der Waals surface area contributed by atoms with Crippen molar-refractivity contribution < 1.29 is 5.11 Å². The van der Waals surface area contributed by atoms with E-state index in [0.29, 0.717) is 12.5 Å². The van der Waals surface area contributed by atoms with Gasteiger partial charge in [-0.2, -0.15) is 0 Å². The summed E-state index contributed by atoms with van der Waals surface area (Å²) in [6.07, 6.45) is 5.32. The maximum Gasteiger partial charge on any atom is 0.0462 e. The Bertz CT molecular complexity index is 214. The summed E-state index contributed by atoms with van der Waals surface area (Å²) in [4.78, 5) is 5.21. The minimum Gasteiger partial charge on any atom is -0.396 e. The minimum atomic E-state index is 0.404. The van der Waals surface area contributed by atoms with Gasteiger partial charge in [0.25, 0.3) is 0 Å². The number of unbranched alkanes of at least 4 members (excludes halogenated alkanes) is 2. The molecule has 1 N–H and O–H groups in total. The summed E-state index contributed by atoms with van der Waals surface area (Å²) in [5, 5.41) is 9.04. The Kier molecular flexibility index (Phi) is 5.26. The number of nitrogens with zero attached hydrogens (tertiary/aromatic N) is 2. The lowest BCUT2D eigenvalue weighted by Crippen LogP contribution is -2.47. The number of aliphatic hydroxyl groups is 1. The summed E-state index contributed by atoms with van der Waals surface area (Å²) in [5.41, 5.74) is 0. The minimum absolute atomic E-state index is 0.404. The van der Waals surface area contributed by atoms with Gasteiger partial charge in [0, 0.05) is 39.3 Å². The van der Waals surface area contributed by atoms with E-state index in [0.717, 1.165) is 5.92 Å². The number of piperazine rings is 1. The quantitative estimate of drug-likeness (QED) is 0.682. The highest BCUT2D eigenvalue weighted by molar-refractivity contribution is 4.89. The normalized spacial score (nSPS) is 30.7. The molecular weight excluding hydrogens is 212 g/mol. The molecule has 0 aromatic carbocycles. The molecular formula is C14H28N2O. The molecule has 17 heavy (non-hydrogen) atoms. The monoisotopic (exact) mass is 240 g/mol. The Hall–Kier alpha value is -0.120. The molecule has 0 aromatic heterocycles. The van der Waals surface area contributed by atoms with Crippen LogP contribution in [0.5, 0.6) is 0 Å². The summed E-state index contributed by atoms with van der Waals surface area (Å²) in [6.45, 7) is 10.2. The van der Waals surface area contributed by atoms with Crippen molar-refractivity contribution in [1.82, 2.24) is 9.80 Å². The van der Waals surface area contributed by atoms with Crippen LogP contribution in [-0.2, 0) is 0 Å². The highest BCUT2D eigenvalue weighted by Crippen LogP contribution is 2.38. The van der Waals surface area contributed by atoms with Gasteiger partial charge in [0.05, 0.1) is 0 Å². The van der Waals surface area contributed by atoms with Crippen molar-refractivity contribution in [3.05, 3.63) is 0 Å². The highest BCUT2D eigenvalue weighted by atomic mass is 16.3. The molecule has 0 bridgehead atoms. The third kappa shape index (κ3) is 4.23. The molecule has 2 atom stereocenters. The molecule has 1 saturated heterocycles. The Morgan fingerprint density at radius 1 is 1.00 bits per heavy atom. The van der Waals surface area contributed by atoms with Gasteiger partial charge in [-0.05, 0) is 31.2 Å². The van der Waals surface area contributed by atoms with Crippen LogP contribution in [-0.4, -0.2) is 60.8 Å². The summed E-state index contributed by atoms with van der Waals surface area (Å²) in [5.74, 6) is 1.42. The Balaban J connectivity index is 1.55. The van der Waals surface area contributed by atoms with E-state index >= 15 is 0 Å². The van der Waals surface area contributed by atoms with Crippen molar-refractivity contribution in [3.8, 4) is 0 Å². The van der Waals surface area contributed by atoms with E-state index in [1.807, 2.05) is 0 Å². The van der Waals surface area contributed by atoms with Crippen LogP contribution in [0, 0.1) is 11.8 Å². The number of aliphatic hydroxyl groups excluding tert-OH is 1. The van der Waals surface area contributed by atoms with Crippen LogP contribution >= 0.6 is 0 Å². The van der Waals surface area contributed by atoms with Crippen LogP contribution in [0.1, 0.15) is 32.6 Å². The van der Waals surface area contributed by atoms with Gasteiger partial charge < -0.3 is 14.9 Å². The maximum atomic E-state index is 9.04. The van der Waals surface area contributed by atoms with Crippen LogP contribution < -0.4 is 0 Å². The molecule has 1 heterocycles. The SMILES string of the molecule is CCCCCN1CCN(CC2CC2CO)CC1. The lowest BCUT2D eigenvalue weighted by molar-refractivity contribution is 0.124. The van der Waals surface area contributed by atoms with Crippen molar-refractivity contribution in [2.24, 2.45) is 11.8 Å². The van der Waals surface area contributed by atoms with Crippen molar-refractivity contribution in [3.63, 3.8) is 0 Å². The fourth-order valence-corrected chi connectivity index (χ4v) is 2.87. The molecule has 1 saturated carbocycles. The first-order valence-electron chi connectivity index (χ1n) is 7.39. The zero-order chi connectivity index (χ0) is 12.1. The molecule has 2 aliphatic rings. The standard InChI is InChI=1S/C14H28N2O/c1-2-3-4-5-15-6-8-16(9-7-15)11-13-10-14(13)12-17/h13-14,17H,2-12H2,1H3. The van der Waals surface area contributed by atoms with Crippen molar-refractivity contribution in [2.45, 2.75) is 32.6 Å². The average Bonchev–Trinajstić information content (AvgIpc) is 3.10. The second kappa shape index (κ2) is 6.72. The first kappa shape index (κ1) is 13.3. The van der Waals surface area contributed by atoms with Crippen LogP contribution in [0.15, 0.2) is 0 Å². The molecule has 3 heteroatoms. The average molecular weight is 240 g/mol. The fourth-order valence-electron chi connectivity index (χ4n) is 2.87. The van der Waals surface area contributed by atoms with Crippen LogP contribution in [0.4, 0.5) is 0 Å². The number of hydrogen-bond donors (Lipinski definition) is 1. The smallest absolute Gasteiger partial charge is 0.0462 e. The number of rotatable bonds is 7. The van der Waals surface area contributed by atoms with Gasteiger partial charge >= 0.3 is 0 Å². The second-order valence-electron chi connectivity index (χ2n) is 5.79. The van der Waals surface area contributed by atoms with Gasteiger partial charge in [-0.3, -0.25) is 0 Å². The van der Waals surface area contributed by atoms with Crippen LogP contribution in [0.25, 0.3) is 0 Å². The van der Waals surface area contributed by atoms with Crippen LogP contribution in [0.3, 0.4) is 0 Å². The van der Waals surface area contributed by atoms with E-state index < -0.39 is 0 Å². The zero-order valence-electron chi connectivity index (χ0n) is 11.3. The van der Waals surface area contributed by atoms with E-state index in [-0.39, 0.29) is 0 Å². The summed E-state index contributed by atoms with van der Waals surface area (Å²) in [6, 6.07) is 0. The lowest BCUT2D eigenvalue weighted by atomic mass is 10.2. The van der Waals surface area contributed by atoms with Gasteiger partial charge in [0.15, 0.2) is 0 Å². The first-order chi connectivity index (χ1) is 8.33. The summed E-state index contributed by atoms with van der Waals surface area (Å²) >= 11 is 0. The van der Waals surface area contributed by atoms with Crippen molar-refractivity contribution in [1.29, 1.82) is 0 Å². The molecule has 0 amide bonds. The van der Waals surface area contributed by atoms with Crippen molar-refractivity contribution >= 4 is 0 Å². The molecule has 2 rings (SSSR count). The van der Waals surface area contributed by atoms with E-state index in [1.165, 1.54) is 65.0 Å². The van der Waals surface area contributed by atoms with Gasteiger partial charge in [0.1, 0.15) is 0 Å². The molecule has 1 aliphatic carbocycles. The highest BCUT2D eigenvalue weighted by Gasteiger charge is 2.37. The third-order valence-corrected chi connectivity index (χ3v) is 4.34. The Morgan fingerprint density at radius 2 is 1.71 bits per heavy atom. The van der Waals surface area contributed by atoms with Gasteiger partial charge in [0.2, 0.25) is 0 Å². The van der Waals surface area contributed by atoms with E-state index in [1.54, 1.807) is 0 Å². The van der Waals surface area contributed by atoms with Gasteiger partial charge in [-0.15, -0.1) is 0 Å². The topological polar surface area (TPSA) is 26.7 Å². The molecule has 100 valence electrons. The molecule has 3 nitrogen and oxygen atoms in total. The maximum absolute atomic E-state index is 9.04. The molecule has 0 aromatic rings. The fraction of sp³-hybridized carbons (Fsp3) is 1.00. The van der Waals surface area contributed by atoms with Gasteiger partial charge in [-0.1, -0.05) is 19.8 Å². The second-order valence-corrected chi connectivity index (χ2v) is 5.79. The largest absolute Gasteiger partial charge is 0.396 e. The third-order valence-electron chi connectivity index (χ3n) is 4.34. The Labute approximate surface area is 106 Å². The lowest BCUT2D eigenvalue weighted by Gasteiger charge is -2.34. The molecule has 1 aliphatic heterocycles. The zero-order valence-corrected chi connectivity index (χ0v) is 11.3. The number of hydrogen-bond acceptors (Lipinski definition) is 3. The summed E-state index contributed by atoms with van der Waals surface area (Å²) in [7, 11) is 0. The molecule has 0 spiro atoms. The Morgan fingerprint density at radius 3 is 2.29 bits per heavy atom. The predicted octanol–water partition coefficient (Wildman–Crippen LogP) is 1.42. The summed E-state index contributed by atoms with van der Waals surface area (Å²) < 4.78 is 0. The van der Waals surface area contributed by atoms with Crippen LogP contribution in [0.2, 0.25) is 0 Å². The van der Waals surface area contributed by atoms with Gasteiger partial charge in [-0.25, -0.2) is 0 Å². The first-order valence-corrected chi connectivity index (χ1v) is 7.39. The molecule has 2 unspecified atom stereocenters.